The summed E-state index contributed by atoms with van der Waals surface area (Å²) in [4.78, 5) is 0.457. The molecule has 0 nitrogen and oxygen atoms in total. The van der Waals surface area contributed by atoms with E-state index in [1.807, 2.05) is 12.1 Å². The molecule has 1 atom stereocenters. The van der Waals surface area contributed by atoms with E-state index >= 15 is 0 Å². The van der Waals surface area contributed by atoms with E-state index < -0.39 is 0 Å². The average Bonchev–Trinajstić information content (AvgIpc) is 2.05. The lowest BCUT2D eigenvalue weighted by Crippen LogP contribution is -1.95. The van der Waals surface area contributed by atoms with Gasteiger partial charge in [0.2, 0.25) is 0 Å². The Morgan fingerprint density at radius 1 is 1.42 bits per heavy atom. The highest BCUT2D eigenvalue weighted by Gasteiger charge is 2.08. The van der Waals surface area contributed by atoms with E-state index in [0.717, 1.165) is 5.92 Å². The molecule has 1 rings (SSSR count). The van der Waals surface area contributed by atoms with E-state index in [4.69, 9.17) is 0 Å². The molecule has 0 bridgehead atoms. The van der Waals surface area contributed by atoms with Gasteiger partial charge in [-0.3, -0.25) is 0 Å². The van der Waals surface area contributed by atoms with Gasteiger partial charge in [0.1, 0.15) is 0 Å². The van der Waals surface area contributed by atoms with Crippen molar-refractivity contribution < 1.29 is 0 Å². The van der Waals surface area contributed by atoms with Crippen molar-refractivity contribution in [3.63, 3.8) is 0 Å². The topological polar surface area (TPSA) is 0 Å². The summed E-state index contributed by atoms with van der Waals surface area (Å²) in [5, 5.41) is 0. The van der Waals surface area contributed by atoms with E-state index in [-0.39, 0.29) is 0 Å². The van der Waals surface area contributed by atoms with Crippen LogP contribution in [-0.4, -0.2) is 0 Å². The van der Waals surface area contributed by atoms with Crippen LogP contribution in [0.5, 0.6) is 0 Å². The lowest BCUT2D eigenvalue weighted by atomic mass is 10.0. The highest BCUT2D eigenvalue weighted by molar-refractivity contribution is 9.09. The fourth-order valence-electron chi connectivity index (χ4n) is 1.14. The van der Waals surface area contributed by atoms with Gasteiger partial charge in [0.05, 0.1) is 0 Å². The normalized spacial score (nSPS) is 13.3. The lowest BCUT2D eigenvalue weighted by molar-refractivity contribution is 0.583. The van der Waals surface area contributed by atoms with Crippen LogP contribution >= 0.6 is 15.9 Å². The predicted octanol–water partition coefficient (Wildman–Crippen LogP) is 3.97. The summed E-state index contributed by atoms with van der Waals surface area (Å²) in [7, 11) is 0. The minimum absolute atomic E-state index is 0.457. The molecule has 0 aromatic heterocycles. The second kappa shape index (κ2) is 4.66. The average molecular weight is 226 g/mol. The van der Waals surface area contributed by atoms with Gasteiger partial charge in [-0.1, -0.05) is 54.0 Å². The van der Waals surface area contributed by atoms with Gasteiger partial charge >= 0.3 is 0 Å². The van der Waals surface area contributed by atoms with Crippen LogP contribution in [0, 0.1) is 12.0 Å². The number of benzene rings is 1. The summed E-state index contributed by atoms with van der Waals surface area (Å²) in [6.45, 7) is 4.47. The molecule has 0 aliphatic rings. The van der Waals surface area contributed by atoms with Crippen LogP contribution in [0.4, 0.5) is 0 Å². The van der Waals surface area contributed by atoms with Crippen LogP contribution in [0.25, 0.3) is 0 Å². The van der Waals surface area contributed by atoms with Gasteiger partial charge in [-0.25, -0.2) is 0 Å². The third kappa shape index (κ3) is 2.98. The molecule has 1 radical (unpaired) electrons. The van der Waals surface area contributed by atoms with Crippen molar-refractivity contribution in [2.45, 2.75) is 25.1 Å². The molecule has 0 N–H and O–H groups in total. The van der Waals surface area contributed by atoms with Gasteiger partial charge < -0.3 is 0 Å². The Hall–Kier alpha value is -0.300. The molecule has 0 amide bonds. The van der Waals surface area contributed by atoms with Crippen molar-refractivity contribution in [1.82, 2.24) is 0 Å². The Morgan fingerprint density at radius 2 is 2.17 bits per heavy atom. The molecule has 0 heterocycles. The Bertz CT molecular complexity index is 216. The first-order valence-corrected chi connectivity index (χ1v) is 5.22. The molecular weight excluding hydrogens is 212 g/mol. The van der Waals surface area contributed by atoms with Crippen LogP contribution in [0.3, 0.4) is 0 Å². The lowest BCUT2D eigenvalue weighted by Gasteiger charge is -2.11. The Kier molecular flexibility index (Phi) is 3.80. The Balaban J connectivity index is 2.59. The zero-order valence-corrected chi connectivity index (χ0v) is 9.14. The van der Waals surface area contributed by atoms with Crippen molar-refractivity contribution in [3.05, 3.63) is 35.9 Å². The predicted molar refractivity (Wildman–Crippen MR) is 56.4 cm³/mol. The van der Waals surface area contributed by atoms with Crippen molar-refractivity contribution in [2.75, 3.05) is 0 Å². The van der Waals surface area contributed by atoms with E-state index in [2.05, 4.69) is 48.0 Å². The molecule has 0 spiro atoms. The second-order valence-corrected chi connectivity index (χ2v) is 4.52. The van der Waals surface area contributed by atoms with Gasteiger partial charge in [0.25, 0.3) is 0 Å². The monoisotopic (exact) mass is 225 g/mol. The summed E-state index contributed by atoms with van der Waals surface area (Å²) in [5.74, 6) is 0.725. The van der Waals surface area contributed by atoms with E-state index in [0.29, 0.717) is 4.83 Å². The smallest absolute Gasteiger partial charge is 0.0403 e. The first-order chi connectivity index (χ1) is 5.70. The molecule has 0 fully saturated rings. The summed E-state index contributed by atoms with van der Waals surface area (Å²) in [5.41, 5.74) is 1.26. The molecule has 0 saturated carbocycles. The maximum atomic E-state index is 3.66. The van der Waals surface area contributed by atoms with Crippen LogP contribution in [-0.2, 0) is 0 Å². The third-order valence-corrected chi connectivity index (χ3v) is 2.62. The number of hydrogen-bond acceptors (Lipinski definition) is 0. The highest BCUT2D eigenvalue weighted by atomic mass is 79.9. The molecular formula is C11H14Br. The van der Waals surface area contributed by atoms with Crippen molar-refractivity contribution in [3.8, 4) is 0 Å². The standard InChI is InChI=1S/C11H14Br/c1-9(2)8-11(12)10-6-4-3-5-7-10/h3-6,9,11H,8H2,1-2H3. The molecule has 1 aromatic carbocycles. The zero-order chi connectivity index (χ0) is 8.97. The first-order valence-electron chi connectivity index (χ1n) is 4.31. The van der Waals surface area contributed by atoms with Crippen molar-refractivity contribution in [2.24, 2.45) is 5.92 Å². The second-order valence-electron chi connectivity index (χ2n) is 3.41. The van der Waals surface area contributed by atoms with E-state index in [1.54, 1.807) is 0 Å². The number of rotatable bonds is 3. The molecule has 65 valence electrons. The number of hydrogen-bond donors (Lipinski definition) is 0. The highest BCUT2D eigenvalue weighted by Crippen LogP contribution is 2.28. The molecule has 0 aliphatic carbocycles. The fraction of sp³-hybridized carbons (Fsp3) is 0.455. The van der Waals surface area contributed by atoms with Crippen LogP contribution in [0.15, 0.2) is 24.3 Å². The maximum absolute atomic E-state index is 3.66. The van der Waals surface area contributed by atoms with Gasteiger partial charge in [-0.05, 0) is 24.0 Å². The van der Waals surface area contributed by atoms with Gasteiger partial charge in [0.15, 0.2) is 0 Å². The molecule has 12 heavy (non-hydrogen) atoms. The first kappa shape index (κ1) is 9.79. The molecule has 1 heteroatoms. The van der Waals surface area contributed by atoms with Crippen molar-refractivity contribution in [1.29, 1.82) is 0 Å². The molecule has 0 aliphatic heterocycles. The molecule has 1 unspecified atom stereocenters. The number of halogens is 1. The quantitative estimate of drug-likeness (QED) is 0.684. The molecule has 1 aromatic rings. The van der Waals surface area contributed by atoms with E-state index in [1.165, 1.54) is 12.0 Å². The zero-order valence-electron chi connectivity index (χ0n) is 7.55. The van der Waals surface area contributed by atoms with Gasteiger partial charge in [-0.2, -0.15) is 0 Å². The Labute approximate surface area is 83.1 Å². The van der Waals surface area contributed by atoms with Crippen LogP contribution < -0.4 is 0 Å². The Morgan fingerprint density at radius 3 is 2.67 bits per heavy atom. The number of alkyl halides is 1. The minimum Gasteiger partial charge on any atom is -0.0838 e. The largest absolute Gasteiger partial charge is 0.0838 e. The van der Waals surface area contributed by atoms with E-state index in [9.17, 15) is 0 Å². The fourth-order valence-corrected chi connectivity index (χ4v) is 2.18. The van der Waals surface area contributed by atoms with Crippen molar-refractivity contribution >= 4 is 15.9 Å². The third-order valence-electron chi connectivity index (χ3n) is 1.75. The van der Waals surface area contributed by atoms with Gasteiger partial charge in [-0.15, -0.1) is 0 Å². The van der Waals surface area contributed by atoms with Crippen LogP contribution in [0.2, 0.25) is 0 Å². The molecule has 0 saturated heterocycles. The maximum Gasteiger partial charge on any atom is 0.0403 e. The summed E-state index contributed by atoms with van der Waals surface area (Å²) < 4.78 is 0. The summed E-state index contributed by atoms with van der Waals surface area (Å²) in [6, 6.07) is 11.4. The summed E-state index contributed by atoms with van der Waals surface area (Å²) >= 11 is 3.66. The van der Waals surface area contributed by atoms with Gasteiger partial charge in [0, 0.05) is 4.83 Å². The SMILES string of the molecule is CC(C)CC(Br)c1[c]cccc1. The summed E-state index contributed by atoms with van der Waals surface area (Å²) in [6.07, 6.45) is 1.17. The van der Waals surface area contributed by atoms with Crippen LogP contribution in [0.1, 0.15) is 30.7 Å². The minimum atomic E-state index is 0.457.